The molecule has 2 fully saturated rings. The SMILES string of the molecule is CN(C)C(=O)c1ccc(N2CCN(Cc3cc4c(-c5ccc6c(cnn6C6CCCCO6)c5)ccnc4n3C)CC2)cc1. The monoisotopic (exact) mass is 577 g/mol. The minimum atomic E-state index is 0.0302. The van der Waals surface area contributed by atoms with Crippen molar-refractivity contribution in [1.29, 1.82) is 0 Å². The average molecular weight is 578 g/mol. The zero-order valence-corrected chi connectivity index (χ0v) is 25.2. The molecule has 9 heteroatoms. The van der Waals surface area contributed by atoms with Gasteiger partial charge in [-0.25, -0.2) is 9.67 Å². The number of nitrogens with zero attached hydrogens (tertiary/aromatic N) is 7. The maximum absolute atomic E-state index is 12.2. The highest BCUT2D eigenvalue weighted by molar-refractivity contribution is 5.96. The quantitative estimate of drug-likeness (QED) is 0.272. The molecule has 0 spiro atoms. The average Bonchev–Trinajstić information content (AvgIpc) is 3.62. The molecular weight excluding hydrogens is 538 g/mol. The zero-order chi connectivity index (χ0) is 29.5. The van der Waals surface area contributed by atoms with Crippen molar-refractivity contribution >= 4 is 33.5 Å². The van der Waals surface area contributed by atoms with Crippen molar-refractivity contribution in [3.05, 3.63) is 78.2 Å². The van der Waals surface area contributed by atoms with Crippen molar-refractivity contribution in [2.24, 2.45) is 7.05 Å². The molecule has 1 atom stereocenters. The number of fused-ring (bicyclic) bond motifs is 2. The van der Waals surface area contributed by atoms with Crippen LogP contribution < -0.4 is 4.90 Å². The predicted molar refractivity (Wildman–Crippen MR) is 170 cm³/mol. The standard InChI is InChI=1S/C34H39N7O2/c1-37(2)34(42)24-7-10-27(11-8-24)40-17-15-39(16-18-40)23-28-21-30-29(13-14-35-33(30)38(28)3)25-9-12-31-26(20-25)22-36-41(31)32-6-4-5-19-43-32/h7-14,20-22,32H,4-6,15-19,23H2,1-3H3. The Bertz CT molecular complexity index is 1760. The lowest BCUT2D eigenvalue weighted by atomic mass is 10.0. The van der Waals surface area contributed by atoms with Crippen molar-refractivity contribution in [3.8, 4) is 11.1 Å². The van der Waals surface area contributed by atoms with Crippen LogP contribution in [0, 0.1) is 0 Å². The molecule has 2 aromatic carbocycles. The zero-order valence-electron chi connectivity index (χ0n) is 25.2. The normalized spacial score (nSPS) is 18.0. The molecule has 2 aliphatic rings. The van der Waals surface area contributed by atoms with Gasteiger partial charge >= 0.3 is 0 Å². The Morgan fingerprint density at radius 3 is 2.56 bits per heavy atom. The van der Waals surface area contributed by atoms with Crippen LogP contribution in [0.2, 0.25) is 0 Å². The molecular formula is C34H39N7O2. The second kappa shape index (κ2) is 11.5. The number of carbonyl (C=O) groups is 1. The Morgan fingerprint density at radius 2 is 1.81 bits per heavy atom. The first-order valence-electron chi connectivity index (χ1n) is 15.3. The Hall–Kier alpha value is -4.21. The van der Waals surface area contributed by atoms with E-state index < -0.39 is 0 Å². The molecule has 2 aliphatic heterocycles. The van der Waals surface area contributed by atoms with Gasteiger partial charge in [-0.15, -0.1) is 0 Å². The van der Waals surface area contributed by atoms with Crippen LogP contribution >= 0.6 is 0 Å². The lowest BCUT2D eigenvalue weighted by Crippen LogP contribution is -2.46. The van der Waals surface area contributed by atoms with Crippen LogP contribution in [0.1, 0.15) is 41.5 Å². The summed E-state index contributed by atoms with van der Waals surface area (Å²) in [5.74, 6) is 0.0328. The molecule has 0 N–H and O–H groups in total. The van der Waals surface area contributed by atoms with Gasteiger partial charge in [0.2, 0.25) is 0 Å². The van der Waals surface area contributed by atoms with E-state index in [9.17, 15) is 4.79 Å². The number of ether oxygens (including phenoxy) is 1. The van der Waals surface area contributed by atoms with E-state index in [2.05, 4.69) is 63.9 Å². The van der Waals surface area contributed by atoms with Gasteiger partial charge in [-0.1, -0.05) is 6.07 Å². The number of rotatable bonds is 6. The van der Waals surface area contributed by atoms with Crippen LogP contribution in [-0.2, 0) is 18.3 Å². The summed E-state index contributed by atoms with van der Waals surface area (Å²) < 4.78 is 10.3. The molecule has 0 saturated carbocycles. The summed E-state index contributed by atoms with van der Waals surface area (Å²) >= 11 is 0. The van der Waals surface area contributed by atoms with Crippen LogP contribution in [-0.4, -0.2) is 81.9 Å². The summed E-state index contributed by atoms with van der Waals surface area (Å²) in [6.07, 6.45) is 7.23. The molecule has 7 rings (SSSR count). The van der Waals surface area contributed by atoms with Gasteiger partial charge in [0.05, 0.1) is 11.7 Å². The molecule has 0 bridgehead atoms. The Morgan fingerprint density at radius 1 is 1.00 bits per heavy atom. The molecule has 0 radical (unpaired) electrons. The fraction of sp³-hybridized carbons (Fsp3) is 0.382. The van der Waals surface area contributed by atoms with Crippen molar-refractivity contribution < 1.29 is 9.53 Å². The third-order valence-corrected chi connectivity index (χ3v) is 9.01. The molecule has 9 nitrogen and oxygen atoms in total. The number of pyridine rings is 1. The van der Waals surface area contributed by atoms with E-state index >= 15 is 0 Å². The van der Waals surface area contributed by atoms with Gasteiger partial charge in [0, 0.05) is 94.4 Å². The third kappa shape index (κ3) is 5.28. The molecule has 3 aromatic heterocycles. The number of aryl methyl sites for hydroxylation is 1. The number of anilines is 1. The summed E-state index contributed by atoms with van der Waals surface area (Å²) in [7, 11) is 5.69. The fourth-order valence-electron chi connectivity index (χ4n) is 6.51. The summed E-state index contributed by atoms with van der Waals surface area (Å²) in [5.41, 5.74) is 7.64. The predicted octanol–water partition coefficient (Wildman–Crippen LogP) is 5.31. The molecule has 5 aromatic rings. The van der Waals surface area contributed by atoms with E-state index in [0.29, 0.717) is 0 Å². The minimum Gasteiger partial charge on any atom is -0.369 e. The van der Waals surface area contributed by atoms with Crippen molar-refractivity contribution in [2.75, 3.05) is 51.8 Å². The van der Waals surface area contributed by atoms with Crippen LogP contribution in [0.4, 0.5) is 5.69 Å². The Kier molecular flexibility index (Phi) is 7.36. The van der Waals surface area contributed by atoms with Gasteiger partial charge in [-0.2, -0.15) is 5.10 Å². The molecule has 0 aliphatic carbocycles. The van der Waals surface area contributed by atoms with Gasteiger partial charge in [0.15, 0.2) is 6.23 Å². The molecule has 2 saturated heterocycles. The molecule has 5 heterocycles. The van der Waals surface area contributed by atoms with E-state index in [1.807, 2.05) is 29.2 Å². The van der Waals surface area contributed by atoms with E-state index in [1.165, 1.54) is 34.3 Å². The van der Waals surface area contributed by atoms with Gasteiger partial charge in [-0.3, -0.25) is 9.69 Å². The van der Waals surface area contributed by atoms with Gasteiger partial charge in [-0.05, 0) is 78.9 Å². The second-order valence-corrected chi connectivity index (χ2v) is 12.0. The number of carbonyl (C=O) groups excluding carboxylic acids is 1. The van der Waals surface area contributed by atoms with Gasteiger partial charge in [0.25, 0.3) is 5.91 Å². The Balaban J connectivity index is 1.07. The fourth-order valence-corrected chi connectivity index (χ4v) is 6.51. The maximum atomic E-state index is 12.2. The van der Waals surface area contributed by atoms with Crippen LogP contribution in [0.15, 0.2) is 67.0 Å². The first-order valence-corrected chi connectivity index (χ1v) is 15.3. The third-order valence-electron chi connectivity index (χ3n) is 9.01. The van der Waals surface area contributed by atoms with Crippen molar-refractivity contribution in [3.63, 3.8) is 0 Å². The lowest BCUT2D eigenvalue weighted by molar-refractivity contribution is -0.0366. The number of piperazine rings is 1. The highest BCUT2D eigenvalue weighted by Crippen LogP contribution is 2.33. The highest BCUT2D eigenvalue weighted by Gasteiger charge is 2.22. The first-order chi connectivity index (χ1) is 21.0. The smallest absolute Gasteiger partial charge is 0.253 e. The van der Waals surface area contributed by atoms with Gasteiger partial charge in [0.1, 0.15) is 5.65 Å². The molecule has 1 amide bonds. The van der Waals surface area contributed by atoms with Crippen LogP contribution in [0.3, 0.4) is 0 Å². The van der Waals surface area contributed by atoms with E-state index in [4.69, 9.17) is 14.8 Å². The summed E-state index contributed by atoms with van der Waals surface area (Å²) in [6, 6.07) is 19.0. The number of aromatic nitrogens is 4. The number of hydrogen-bond donors (Lipinski definition) is 0. The topological polar surface area (TPSA) is 71.7 Å². The number of amides is 1. The minimum absolute atomic E-state index is 0.0302. The molecule has 43 heavy (non-hydrogen) atoms. The van der Waals surface area contributed by atoms with E-state index in [-0.39, 0.29) is 12.1 Å². The number of benzene rings is 2. The van der Waals surface area contributed by atoms with Gasteiger partial charge < -0.3 is 19.1 Å². The summed E-state index contributed by atoms with van der Waals surface area (Å²) in [5, 5.41) is 7.00. The lowest BCUT2D eigenvalue weighted by Gasteiger charge is -2.36. The molecule has 222 valence electrons. The van der Waals surface area contributed by atoms with E-state index in [1.54, 1.807) is 19.0 Å². The van der Waals surface area contributed by atoms with Crippen LogP contribution in [0.5, 0.6) is 0 Å². The first kappa shape index (κ1) is 27.6. The summed E-state index contributed by atoms with van der Waals surface area (Å²) in [4.78, 5) is 23.5. The highest BCUT2D eigenvalue weighted by atomic mass is 16.5. The summed E-state index contributed by atoms with van der Waals surface area (Å²) in [6.45, 7) is 5.54. The van der Waals surface area contributed by atoms with Crippen molar-refractivity contribution in [2.45, 2.75) is 32.0 Å². The molecule has 1 unspecified atom stereocenters. The van der Waals surface area contributed by atoms with E-state index in [0.717, 1.165) is 74.3 Å². The Labute approximate surface area is 252 Å². The van der Waals surface area contributed by atoms with Crippen molar-refractivity contribution in [1.82, 2.24) is 29.1 Å². The maximum Gasteiger partial charge on any atom is 0.253 e. The second-order valence-electron chi connectivity index (χ2n) is 12.0. The number of hydrogen-bond acceptors (Lipinski definition) is 6. The largest absolute Gasteiger partial charge is 0.369 e. The van der Waals surface area contributed by atoms with Crippen LogP contribution in [0.25, 0.3) is 33.1 Å².